The van der Waals surface area contributed by atoms with E-state index in [1.165, 1.54) is 41.1 Å². The molecule has 0 aliphatic heterocycles. The third kappa shape index (κ3) is 3.89. The van der Waals surface area contributed by atoms with Gasteiger partial charge in [0, 0.05) is 0 Å². The van der Waals surface area contributed by atoms with E-state index in [1.807, 2.05) is 12.3 Å². The van der Waals surface area contributed by atoms with Crippen LogP contribution in [0.1, 0.15) is 5.69 Å². The van der Waals surface area contributed by atoms with Gasteiger partial charge in [-0.05, 0) is 0 Å². The summed E-state index contributed by atoms with van der Waals surface area (Å²) in [6, 6.07) is 45.0. The van der Waals surface area contributed by atoms with Gasteiger partial charge in [0.05, 0.1) is 0 Å². The minimum atomic E-state index is 0.125. The zero-order valence-corrected chi connectivity index (χ0v) is 25.6. The van der Waals surface area contributed by atoms with E-state index in [4.69, 9.17) is 15.1 Å². The molecule has 0 amide bonds. The van der Waals surface area contributed by atoms with Gasteiger partial charge in [0.15, 0.2) is 0 Å². The summed E-state index contributed by atoms with van der Waals surface area (Å²) in [5, 5.41) is 10.9. The van der Waals surface area contributed by atoms with Gasteiger partial charge in [0.2, 0.25) is 0 Å². The van der Waals surface area contributed by atoms with Crippen LogP contribution in [-0.2, 0) is 0 Å². The number of rotatable bonds is 4. The van der Waals surface area contributed by atoms with Gasteiger partial charge in [-0.3, -0.25) is 0 Å². The Morgan fingerprint density at radius 3 is 2.27 bits per heavy atom. The molecule has 0 saturated heterocycles. The number of aromatic nitrogens is 4. The SMILES string of the molecule is Cc1ccc2c(n1)[se]c1c(-c3cccc(N(c4ccccc4)c4ccc5c6ccccc6c6ccnn6c5c4)n3)cccc12. The van der Waals surface area contributed by atoms with Crippen molar-refractivity contribution in [2.45, 2.75) is 6.92 Å². The van der Waals surface area contributed by atoms with Crippen molar-refractivity contribution in [1.29, 1.82) is 0 Å². The number of fused-ring (bicyclic) bond motifs is 9. The molecule has 0 fully saturated rings. The van der Waals surface area contributed by atoms with Crippen molar-refractivity contribution in [2.75, 3.05) is 4.90 Å². The number of benzene rings is 4. The summed E-state index contributed by atoms with van der Waals surface area (Å²) in [5.41, 5.74) is 7.43. The maximum absolute atomic E-state index is 5.33. The zero-order chi connectivity index (χ0) is 29.2. The standard InChI is InChI=1S/C38H25N5Se/c1-24-17-19-31-30-13-7-14-32(37(30)44-38(31)40-24)33-15-8-16-36(41-33)42(25-9-3-2-4-10-25)26-18-20-29-27-11-5-6-12-28(27)34-21-22-39-43(34)35(29)23-26/h2-23H,1H3. The monoisotopic (exact) mass is 631 g/mol. The Kier molecular flexibility index (Phi) is 5.67. The molecule has 208 valence electrons. The summed E-state index contributed by atoms with van der Waals surface area (Å²) >= 11 is 0.125. The molecule has 9 rings (SSSR count). The fourth-order valence-electron chi connectivity index (χ4n) is 6.36. The van der Waals surface area contributed by atoms with Crippen molar-refractivity contribution < 1.29 is 0 Å². The Bertz CT molecular complexity index is 2530. The summed E-state index contributed by atoms with van der Waals surface area (Å²) in [6.07, 6.45) is 1.88. The third-order valence-corrected chi connectivity index (χ3v) is 10.8. The molecule has 5 heterocycles. The molecule has 0 atom stereocenters. The molecule has 6 heteroatoms. The summed E-state index contributed by atoms with van der Waals surface area (Å²) < 4.78 is 4.61. The van der Waals surface area contributed by atoms with Crippen LogP contribution in [0.4, 0.5) is 17.2 Å². The quantitative estimate of drug-likeness (QED) is 0.144. The number of pyridine rings is 3. The van der Waals surface area contributed by atoms with E-state index in [2.05, 4.69) is 138 Å². The average molecular weight is 631 g/mol. The summed E-state index contributed by atoms with van der Waals surface area (Å²) in [4.78, 5) is 12.4. The Labute approximate surface area is 259 Å². The normalized spacial score (nSPS) is 11.8. The van der Waals surface area contributed by atoms with Crippen LogP contribution in [0.5, 0.6) is 0 Å². The van der Waals surface area contributed by atoms with Crippen LogP contribution in [-0.4, -0.2) is 34.1 Å². The van der Waals surface area contributed by atoms with E-state index in [9.17, 15) is 0 Å². The molecule has 4 aromatic carbocycles. The van der Waals surface area contributed by atoms with Crippen LogP contribution in [0.3, 0.4) is 0 Å². The molecule has 5 aromatic heterocycles. The maximum atomic E-state index is 5.33. The van der Waals surface area contributed by atoms with Gasteiger partial charge in [0.1, 0.15) is 0 Å². The number of nitrogens with zero attached hydrogens (tertiary/aromatic N) is 5. The summed E-state index contributed by atoms with van der Waals surface area (Å²) in [5.74, 6) is 0.861. The Morgan fingerprint density at radius 2 is 1.36 bits per heavy atom. The van der Waals surface area contributed by atoms with Crippen molar-refractivity contribution in [2.24, 2.45) is 0 Å². The second-order valence-corrected chi connectivity index (χ2v) is 13.1. The molecule has 0 N–H and O–H groups in total. The van der Waals surface area contributed by atoms with Gasteiger partial charge in [-0.15, -0.1) is 0 Å². The Morgan fingerprint density at radius 1 is 0.591 bits per heavy atom. The first-order chi connectivity index (χ1) is 21.7. The number of para-hydroxylation sites is 1. The van der Waals surface area contributed by atoms with Crippen LogP contribution in [0.15, 0.2) is 134 Å². The van der Waals surface area contributed by atoms with E-state index in [1.54, 1.807) is 0 Å². The van der Waals surface area contributed by atoms with Gasteiger partial charge in [-0.25, -0.2) is 0 Å². The van der Waals surface area contributed by atoms with Gasteiger partial charge >= 0.3 is 242 Å². The predicted molar refractivity (Wildman–Crippen MR) is 183 cm³/mol. The van der Waals surface area contributed by atoms with E-state index in [-0.39, 0.29) is 14.5 Å². The zero-order valence-electron chi connectivity index (χ0n) is 23.8. The number of anilines is 3. The van der Waals surface area contributed by atoms with Gasteiger partial charge < -0.3 is 0 Å². The van der Waals surface area contributed by atoms with Gasteiger partial charge in [-0.1, -0.05) is 18.2 Å². The van der Waals surface area contributed by atoms with Crippen molar-refractivity contribution in [3.05, 3.63) is 139 Å². The third-order valence-electron chi connectivity index (χ3n) is 8.36. The van der Waals surface area contributed by atoms with E-state index >= 15 is 0 Å². The fourth-order valence-corrected chi connectivity index (χ4v) is 8.97. The molecule has 0 aliphatic rings. The van der Waals surface area contributed by atoms with E-state index < -0.39 is 0 Å². The second-order valence-electron chi connectivity index (χ2n) is 11.0. The molecular formula is C38H25N5Se. The first kappa shape index (κ1) is 25.2. The molecule has 9 aromatic rings. The molecule has 0 aliphatic carbocycles. The first-order valence-corrected chi connectivity index (χ1v) is 16.3. The van der Waals surface area contributed by atoms with Crippen LogP contribution < -0.4 is 4.90 Å². The first-order valence-electron chi connectivity index (χ1n) is 14.6. The van der Waals surface area contributed by atoms with Crippen molar-refractivity contribution in [1.82, 2.24) is 19.6 Å². The van der Waals surface area contributed by atoms with E-state index in [0.717, 1.165) is 39.6 Å². The predicted octanol–water partition coefficient (Wildman–Crippen LogP) is 9.24. The molecule has 5 nitrogen and oxygen atoms in total. The molecular weight excluding hydrogens is 605 g/mol. The average Bonchev–Trinajstić information content (AvgIpc) is 3.71. The molecule has 44 heavy (non-hydrogen) atoms. The number of aryl methyl sites for hydroxylation is 1. The van der Waals surface area contributed by atoms with E-state index in [0.29, 0.717) is 0 Å². The van der Waals surface area contributed by atoms with Crippen molar-refractivity contribution in [3.63, 3.8) is 0 Å². The number of hydrogen-bond acceptors (Lipinski definition) is 4. The van der Waals surface area contributed by atoms with Crippen LogP contribution >= 0.6 is 0 Å². The Hall–Kier alpha value is -5.29. The second kappa shape index (κ2) is 9.88. The molecule has 0 saturated carbocycles. The summed E-state index contributed by atoms with van der Waals surface area (Å²) in [6.45, 7) is 2.07. The topological polar surface area (TPSA) is 46.3 Å². The van der Waals surface area contributed by atoms with Crippen LogP contribution in [0.2, 0.25) is 0 Å². The van der Waals surface area contributed by atoms with Crippen LogP contribution in [0.25, 0.3) is 57.9 Å². The molecule has 0 radical (unpaired) electrons. The molecule has 0 bridgehead atoms. The van der Waals surface area contributed by atoms with Crippen molar-refractivity contribution in [3.8, 4) is 11.3 Å². The van der Waals surface area contributed by atoms with Crippen molar-refractivity contribution >= 4 is 78.3 Å². The summed E-state index contributed by atoms with van der Waals surface area (Å²) in [7, 11) is 0. The van der Waals surface area contributed by atoms with Gasteiger partial charge in [0.25, 0.3) is 0 Å². The minimum absolute atomic E-state index is 0.125. The van der Waals surface area contributed by atoms with Crippen LogP contribution in [0, 0.1) is 6.92 Å². The van der Waals surface area contributed by atoms with Gasteiger partial charge in [-0.2, -0.15) is 0 Å². The fraction of sp³-hybridized carbons (Fsp3) is 0.0263. The number of hydrogen-bond donors (Lipinski definition) is 0. The molecule has 0 spiro atoms. The Balaban J connectivity index is 1.25. The molecule has 0 unspecified atom stereocenters.